The molecule has 1 rings (SSSR count). The molecule has 0 aromatic carbocycles. The van der Waals surface area contributed by atoms with Gasteiger partial charge in [-0.1, -0.05) is 0 Å². The minimum absolute atomic E-state index is 0.0535. The van der Waals surface area contributed by atoms with Gasteiger partial charge in [-0.15, -0.1) is 0 Å². The highest BCUT2D eigenvalue weighted by Gasteiger charge is 2.14. The molecule has 0 unspecified atom stereocenters. The normalized spacial score (nSPS) is 11.5. The molecule has 7 heteroatoms. The van der Waals surface area contributed by atoms with E-state index in [4.69, 9.17) is 11.6 Å². The molecule has 1 heterocycles. The first-order valence-electron chi connectivity index (χ1n) is 2.88. The number of halogens is 1. The molecule has 0 N–H and O–H groups in total. The first-order chi connectivity index (χ1) is 5.41. The number of aromatic nitrogens is 2. The van der Waals surface area contributed by atoms with Crippen LogP contribution in [0.2, 0.25) is 5.15 Å². The van der Waals surface area contributed by atoms with Crippen LogP contribution in [0.15, 0.2) is 17.2 Å². The molecule has 0 amide bonds. The van der Waals surface area contributed by atoms with Gasteiger partial charge in [0.2, 0.25) is 5.03 Å². The molecule has 0 aliphatic heterocycles. The topological polar surface area (TPSA) is 74.0 Å². The van der Waals surface area contributed by atoms with Crippen molar-refractivity contribution in [2.75, 3.05) is 6.26 Å². The highest BCUT2D eigenvalue weighted by molar-refractivity contribution is 7.90. The smallest absolute Gasteiger partial charge is 0.313 e. The molecule has 0 aliphatic rings. The monoisotopic (exact) mass is 208 g/mol. The van der Waals surface area contributed by atoms with Crippen LogP contribution >= 0.6 is 11.6 Å². The number of hydrogen-bond acceptors (Lipinski definition) is 4. The average molecular weight is 209 g/mol. The Balaban J connectivity index is 3.33. The molecule has 0 saturated heterocycles. The Kier molecular flexibility index (Phi) is 2.20. The van der Waals surface area contributed by atoms with E-state index in [-0.39, 0.29) is 15.0 Å². The van der Waals surface area contributed by atoms with Gasteiger partial charge < -0.3 is 5.21 Å². The zero-order valence-electron chi connectivity index (χ0n) is 6.06. The fourth-order valence-corrected chi connectivity index (χ4v) is 1.21. The molecule has 0 fully saturated rings. The molecule has 0 spiro atoms. The second-order valence-corrected chi connectivity index (χ2v) is 4.49. The Morgan fingerprint density at radius 1 is 1.58 bits per heavy atom. The Morgan fingerprint density at radius 3 is 2.58 bits per heavy atom. The van der Waals surface area contributed by atoms with Gasteiger partial charge in [0.15, 0.2) is 9.84 Å². The summed E-state index contributed by atoms with van der Waals surface area (Å²) < 4.78 is 21.7. The molecule has 1 aromatic rings. The van der Waals surface area contributed by atoms with Crippen LogP contribution in [0.4, 0.5) is 0 Å². The van der Waals surface area contributed by atoms with E-state index < -0.39 is 9.84 Å². The van der Waals surface area contributed by atoms with Crippen LogP contribution in [0.5, 0.6) is 0 Å². The zero-order valence-corrected chi connectivity index (χ0v) is 7.63. The molecule has 0 atom stereocenters. The predicted octanol–water partition coefficient (Wildman–Crippen LogP) is -0.228. The third-order valence-electron chi connectivity index (χ3n) is 1.12. The van der Waals surface area contributed by atoms with Gasteiger partial charge in [-0.05, 0) is 22.5 Å². The SMILES string of the molecule is CS(=O)(=O)c1ccc(Cl)[n+]([O-])n1. The van der Waals surface area contributed by atoms with E-state index in [1.54, 1.807) is 0 Å². The van der Waals surface area contributed by atoms with Crippen LogP contribution in [-0.2, 0) is 9.84 Å². The fraction of sp³-hybridized carbons (Fsp3) is 0.200. The quantitative estimate of drug-likeness (QED) is 0.472. The number of sulfone groups is 1. The van der Waals surface area contributed by atoms with Gasteiger partial charge >= 0.3 is 5.15 Å². The fourth-order valence-electron chi connectivity index (χ4n) is 0.572. The molecule has 0 saturated carbocycles. The van der Waals surface area contributed by atoms with Crippen LogP contribution < -0.4 is 4.85 Å². The van der Waals surface area contributed by atoms with Crippen molar-refractivity contribution in [3.63, 3.8) is 0 Å². The average Bonchev–Trinajstić information content (AvgIpc) is 1.92. The summed E-state index contributed by atoms with van der Waals surface area (Å²) in [6.07, 6.45) is 0.962. The minimum Gasteiger partial charge on any atom is -0.593 e. The number of rotatable bonds is 1. The van der Waals surface area contributed by atoms with Crippen molar-refractivity contribution in [2.45, 2.75) is 5.03 Å². The van der Waals surface area contributed by atoms with E-state index in [1.165, 1.54) is 12.1 Å². The summed E-state index contributed by atoms with van der Waals surface area (Å²) >= 11 is 5.32. The molecular formula is C5H5ClN2O3S. The van der Waals surface area contributed by atoms with Crippen molar-refractivity contribution in [1.82, 2.24) is 5.10 Å². The van der Waals surface area contributed by atoms with Crippen LogP contribution in [0.25, 0.3) is 0 Å². The molecule has 0 bridgehead atoms. The lowest BCUT2D eigenvalue weighted by Gasteiger charge is -1.96. The molecule has 66 valence electrons. The van der Waals surface area contributed by atoms with Crippen molar-refractivity contribution < 1.29 is 13.3 Å². The second-order valence-electron chi connectivity index (χ2n) is 2.14. The van der Waals surface area contributed by atoms with Crippen molar-refractivity contribution >= 4 is 21.4 Å². The molecule has 5 nitrogen and oxygen atoms in total. The van der Waals surface area contributed by atoms with Crippen LogP contribution in [-0.4, -0.2) is 19.8 Å². The van der Waals surface area contributed by atoms with Gasteiger partial charge in [0.1, 0.15) is 0 Å². The van der Waals surface area contributed by atoms with Crippen molar-refractivity contribution in [3.8, 4) is 0 Å². The highest BCUT2D eigenvalue weighted by atomic mass is 35.5. The summed E-state index contributed by atoms with van der Waals surface area (Å²) in [6, 6.07) is 2.35. The molecule has 0 radical (unpaired) electrons. The Morgan fingerprint density at radius 2 is 2.17 bits per heavy atom. The Bertz CT molecular complexity index is 403. The van der Waals surface area contributed by atoms with Crippen molar-refractivity contribution in [2.24, 2.45) is 0 Å². The lowest BCUT2D eigenvalue weighted by atomic mass is 10.6. The van der Waals surface area contributed by atoms with E-state index in [0.717, 1.165) is 6.26 Å². The predicted molar refractivity (Wildman–Crippen MR) is 41.3 cm³/mol. The first kappa shape index (κ1) is 9.21. The number of nitrogens with zero attached hydrogens (tertiary/aromatic N) is 2. The van der Waals surface area contributed by atoms with Gasteiger partial charge in [-0.25, -0.2) is 8.42 Å². The van der Waals surface area contributed by atoms with Crippen LogP contribution in [0.1, 0.15) is 0 Å². The zero-order chi connectivity index (χ0) is 9.35. The summed E-state index contributed by atoms with van der Waals surface area (Å²) in [6.45, 7) is 0. The van der Waals surface area contributed by atoms with Gasteiger partial charge in [0, 0.05) is 17.4 Å². The van der Waals surface area contributed by atoms with Gasteiger partial charge in [-0.3, -0.25) is 0 Å². The van der Waals surface area contributed by atoms with E-state index in [0.29, 0.717) is 0 Å². The van der Waals surface area contributed by atoms with Crippen LogP contribution in [0.3, 0.4) is 0 Å². The maximum atomic E-state index is 10.8. The summed E-state index contributed by atoms with van der Waals surface area (Å²) in [7, 11) is -3.43. The molecular weight excluding hydrogens is 204 g/mol. The summed E-state index contributed by atoms with van der Waals surface area (Å²) in [4.78, 5) is 0.0535. The Labute approximate surface area is 74.1 Å². The summed E-state index contributed by atoms with van der Waals surface area (Å²) in [5.74, 6) is 0. The summed E-state index contributed by atoms with van der Waals surface area (Å²) in [5.41, 5.74) is 0. The standard InChI is InChI=1S/C5H5ClN2O3S/c1-12(10,11)5-3-2-4(6)8(9)7-5/h2-3H,1H3. The van der Waals surface area contributed by atoms with Gasteiger partial charge in [0.25, 0.3) is 0 Å². The second kappa shape index (κ2) is 2.87. The van der Waals surface area contributed by atoms with Gasteiger partial charge in [-0.2, -0.15) is 0 Å². The van der Waals surface area contributed by atoms with E-state index in [2.05, 4.69) is 5.10 Å². The first-order valence-corrected chi connectivity index (χ1v) is 5.14. The highest BCUT2D eigenvalue weighted by Crippen LogP contribution is 2.05. The van der Waals surface area contributed by atoms with Gasteiger partial charge in [0.05, 0.1) is 0 Å². The third kappa shape index (κ3) is 1.83. The molecule has 0 aliphatic carbocycles. The maximum absolute atomic E-state index is 10.8. The Hall–Kier alpha value is -0.880. The minimum atomic E-state index is -3.43. The van der Waals surface area contributed by atoms with Crippen molar-refractivity contribution in [3.05, 3.63) is 22.5 Å². The third-order valence-corrected chi connectivity index (χ3v) is 2.36. The van der Waals surface area contributed by atoms with E-state index in [1.807, 2.05) is 0 Å². The lowest BCUT2D eigenvalue weighted by molar-refractivity contribution is -0.670. The molecule has 1 aromatic heterocycles. The molecule has 12 heavy (non-hydrogen) atoms. The lowest BCUT2D eigenvalue weighted by Crippen LogP contribution is -2.33. The van der Waals surface area contributed by atoms with E-state index >= 15 is 0 Å². The summed E-state index contributed by atoms with van der Waals surface area (Å²) in [5, 5.41) is 13.4. The van der Waals surface area contributed by atoms with Crippen LogP contribution in [0, 0.1) is 5.21 Å². The number of hydrogen-bond donors (Lipinski definition) is 0. The van der Waals surface area contributed by atoms with Crippen molar-refractivity contribution in [1.29, 1.82) is 0 Å². The van der Waals surface area contributed by atoms with E-state index in [9.17, 15) is 13.6 Å². The largest absolute Gasteiger partial charge is 0.593 e. The maximum Gasteiger partial charge on any atom is 0.313 e.